The predicted octanol–water partition coefficient (Wildman–Crippen LogP) is 5.39. The van der Waals surface area contributed by atoms with Gasteiger partial charge in [0.2, 0.25) is 0 Å². The Hall–Kier alpha value is -0.200. The fourth-order valence-electron chi connectivity index (χ4n) is 2.27. The van der Waals surface area contributed by atoms with E-state index in [1.54, 1.807) is 0 Å². The summed E-state index contributed by atoms with van der Waals surface area (Å²) in [4.78, 5) is 0. The van der Waals surface area contributed by atoms with E-state index < -0.39 is 0 Å². The third kappa shape index (κ3) is 2.70. The molecule has 0 amide bonds. The highest BCUT2D eigenvalue weighted by Crippen LogP contribution is 2.44. The van der Waals surface area contributed by atoms with E-state index in [1.807, 2.05) is 23.1 Å². The minimum atomic E-state index is 0.459. The van der Waals surface area contributed by atoms with E-state index in [9.17, 15) is 0 Å². The Labute approximate surface area is 130 Å². The molecule has 1 unspecified atom stereocenters. The van der Waals surface area contributed by atoms with Crippen LogP contribution in [0.5, 0.6) is 0 Å². The number of fused-ring (bicyclic) bond motifs is 1. The van der Waals surface area contributed by atoms with Crippen LogP contribution in [0.2, 0.25) is 0 Å². The van der Waals surface area contributed by atoms with Crippen molar-refractivity contribution in [2.75, 3.05) is 5.32 Å². The third-order valence-corrected chi connectivity index (χ3v) is 6.09. The zero-order chi connectivity index (χ0) is 12.5. The van der Waals surface area contributed by atoms with Gasteiger partial charge in [-0.05, 0) is 64.2 Å². The second-order valence-corrected chi connectivity index (χ2v) is 8.40. The quantitative estimate of drug-likeness (QED) is 0.694. The van der Waals surface area contributed by atoms with Crippen molar-refractivity contribution in [2.24, 2.45) is 0 Å². The van der Waals surface area contributed by atoms with Crippen molar-refractivity contribution >= 4 is 51.4 Å². The van der Waals surface area contributed by atoms with Crippen molar-refractivity contribution in [3.05, 3.63) is 44.8 Å². The summed E-state index contributed by atoms with van der Waals surface area (Å²) in [6, 6.07) is 11.3. The van der Waals surface area contributed by atoms with E-state index >= 15 is 0 Å². The molecular weight excluding hydrogens is 373 g/mol. The Kier molecular flexibility index (Phi) is 3.86. The van der Waals surface area contributed by atoms with Crippen molar-refractivity contribution in [1.29, 1.82) is 0 Å². The number of hydrogen-bond donors (Lipinski definition) is 1. The second kappa shape index (κ2) is 5.43. The number of thiophene rings is 1. The minimum absolute atomic E-state index is 0.459. The summed E-state index contributed by atoms with van der Waals surface area (Å²) in [6.07, 6.45) is 1.19. The monoisotopic (exact) mass is 387 g/mol. The second-order valence-electron chi connectivity index (χ2n) is 4.53. The van der Waals surface area contributed by atoms with Gasteiger partial charge in [-0.3, -0.25) is 0 Å². The number of nitrogens with one attached hydrogen (secondary N) is 1. The first kappa shape index (κ1) is 12.8. The summed E-state index contributed by atoms with van der Waals surface area (Å²) in [5.41, 5.74) is 2.70. The fraction of sp³-hybridized carbons (Fsp3) is 0.286. The molecule has 0 saturated heterocycles. The molecule has 1 aliphatic heterocycles. The van der Waals surface area contributed by atoms with Gasteiger partial charge in [-0.15, -0.1) is 23.1 Å². The summed E-state index contributed by atoms with van der Waals surface area (Å²) in [6.45, 7) is 2.32. The fourth-order valence-corrected chi connectivity index (χ4v) is 5.38. The SMILES string of the molecule is C[C@H]1CC(Nc2cccc(I)c2)c2ccsc2S1. The maximum Gasteiger partial charge on any atom is 0.0653 e. The Morgan fingerprint density at radius 2 is 2.22 bits per heavy atom. The van der Waals surface area contributed by atoms with Crippen LogP contribution in [0.4, 0.5) is 5.69 Å². The van der Waals surface area contributed by atoms with Gasteiger partial charge in [0.1, 0.15) is 0 Å². The summed E-state index contributed by atoms with van der Waals surface area (Å²) >= 11 is 6.24. The smallest absolute Gasteiger partial charge is 0.0653 e. The third-order valence-electron chi connectivity index (χ3n) is 3.08. The molecular formula is C14H14INS2. The average Bonchev–Trinajstić information content (AvgIpc) is 2.77. The first-order valence-electron chi connectivity index (χ1n) is 5.98. The number of rotatable bonds is 2. The van der Waals surface area contributed by atoms with Gasteiger partial charge in [-0.1, -0.05) is 13.0 Å². The molecule has 1 N–H and O–H groups in total. The lowest BCUT2D eigenvalue weighted by atomic mass is 10.0. The van der Waals surface area contributed by atoms with E-state index in [4.69, 9.17) is 0 Å². The molecule has 1 aromatic carbocycles. The minimum Gasteiger partial charge on any atom is -0.378 e. The molecule has 18 heavy (non-hydrogen) atoms. The Balaban J connectivity index is 1.86. The number of hydrogen-bond acceptors (Lipinski definition) is 3. The van der Waals surface area contributed by atoms with Crippen LogP contribution < -0.4 is 5.32 Å². The summed E-state index contributed by atoms with van der Waals surface area (Å²) in [5, 5.41) is 6.58. The Bertz CT molecular complexity index is 552. The van der Waals surface area contributed by atoms with E-state index in [0.29, 0.717) is 11.3 Å². The number of halogens is 1. The van der Waals surface area contributed by atoms with Gasteiger partial charge in [0.25, 0.3) is 0 Å². The molecule has 2 aromatic rings. The lowest BCUT2D eigenvalue weighted by Gasteiger charge is -2.28. The summed E-state index contributed by atoms with van der Waals surface area (Å²) in [7, 11) is 0. The van der Waals surface area contributed by atoms with Gasteiger partial charge >= 0.3 is 0 Å². The first-order valence-corrected chi connectivity index (χ1v) is 8.82. The van der Waals surface area contributed by atoms with E-state index in [0.717, 1.165) is 0 Å². The molecule has 0 saturated carbocycles. The highest BCUT2D eigenvalue weighted by atomic mass is 127. The van der Waals surface area contributed by atoms with E-state index in [1.165, 1.54) is 25.5 Å². The van der Waals surface area contributed by atoms with Crippen LogP contribution in [0.15, 0.2) is 39.9 Å². The molecule has 94 valence electrons. The number of thioether (sulfide) groups is 1. The van der Waals surface area contributed by atoms with Crippen molar-refractivity contribution in [3.8, 4) is 0 Å². The molecule has 4 heteroatoms. The van der Waals surface area contributed by atoms with Gasteiger partial charge < -0.3 is 5.32 Å². The standard InChI is InChI=1S/C14H14INS2/c1-9-7-13(12-5-6-17-14(12)18-9)16-11-4-2-3-10(15)8-11/h2-6,8-9,13,16H,7H2,1H3/t9-,13?/m0/s1. The maximum absolute atomic E-state index is 3.68. The zero-order valence-electron chi connectivity index (χ0n) is 10.0. The Morgan fingerprint density at radius 3 is 3.06 bits per heavy atom. The maximum atomic E-state index is 3.68. The van der Waals surface area contributed by atoms with Crippen LogP contribution >= 0.6 is 45.7 Å². The van der Waals surface area contributed by atoms with Gasteiger partial charge in [-0.2, -0.15) is 0 Å². The van der Waals surface area contributed by atoms with Crippen LogP contribution in [-0.2, 0) is 0 Å². The average molecular weight is 387 g/mol. The zero-order valence-corrected chi connectivity index (χ0v) is 13.8. The molecule has 1 aromatic heterocycles. The molecule has 2 heterocycles. The van der Waals surface area contributed by atoms with E-state index in [2.05, 4.69) is 70.5 Å². The van der Waals surface area contributed by atoms with Gasteiger partial charge in [-0.25, -0.2) is 0 Å². The van der Waals surface area contributed by atoms with E-state index in [-0.39, 0.29) is 0 Å². The molecule has 1 aliphatic rings. The molecule has 0 spiro atoms. The molecule has 3 rings (SSSR count). The normalized spacial score (nSPS) is 22.6. The topological polar surface area (TPSA) is 12.0 Å². The van der Waals surface area contributed by atoms with Crippen molar-refractivity contribution in [2.45, 2.75) is 28.8 Å². The van der Waals surface area contributed by atoms with Crippen LogP contribution in [0.3, 0.4) is 0 Å². The van der Waals surface area contributed by atoms with Gasteiger partial charge in [0.05, 0.1) is 10.3 Å². The lowest BCUT2D eigenvalue weighted by molar-refractivity contribution is 0.670. The predicted molar refractivity (Wildman–Crippen MR) is 89.8 cm³/mol. The Morgan fingerprint density at radius 1 is 1.33 bits per heavy atom. The molecule has 0 aliphatic carbocycles. The van der Waals surface area contributed by atoms with Crippen LogP contribution in [0, 0.1) is 3.57 Å². The largest absolute Gasteiger partial charge is 0.378 e. The van der Waals surface area contributed by atoms with Gasteiger partial charge in [0.15, 0.2) is 0 Å². The molecule has 0 bridgehead atoms. The number of benzene rings is 1. The molecule has 0 fully saturated rings. The molecule has 0 radical (unpaired) electrons. The highest BCUT2D eigenvalue weighted by Gasteiger charge is 2.26. The highest BCUT2D eigenvalue weighted by molar-refractivity contribution is 14.1. The summed E-state index contributed by atoms with van der Waals surface area (Å²) < 4.78 is 2.76. The first-order chi connectivity index (χ1) is 8.72. The van der Waals surface area contributed by atoms with Crippen LogP contribution in [0.25, 0.3) is 0 Å². The molecule has 2 atom stereocenters. The van der Waals surface area contributed by atoms with Crippen molar-refractivity contribution < 1.29 is 0 Å². The van der Waals surface area contributed by atoms with Gasteiger partial charge in [0, 0.05) is 14.5 Å². The summed E-state index contributed by atoms with van der Waals surface area (Å²) in [5.74, 6) is 0. The van der Waals surface area contributed by atoms with Crippen LogP contribution in [-0.4, -0.2) is 5.25 Å². The van der Waals surface area contributed by atoms with Crippen LogP contribution in [0.1, 0.15) is 24.9 Å². The van der Waals surface area contributed by atoms with Crippen molar-refractivity contribution in [1.82, 2.24) is 0 Å². The molecule has 1 nitrogen and oxygen atoms in total. The lowest BCUT2D eigenvalue weighted by Crippen LogP contribution is -2.18. The van der Waals surface area contributed by atoms with Crippen molar-refractivity contribution in [3.63, 3.8) is 0 Å². The number of anilines is 1.